The zero-order chi connectivity index (χ0) is 14.5. The fourth-order valence-electron chi connectivity index (χ4n) is 1.68. The van der Waals surface area contributed by atoms with E-state index in [1.165, 1.54) is 25.3 Å². The highest BCUT2D eigenvalue weighted by molar-refractivity contribution is 6.30. The molecule has 0 amide bonds. The Morgan fingerprint density at radius 2 is 1.90 bits per heavy atom. The van der Waals surface area contributed by atoms with Gasteiger partial charge in [0.2, 0.25) is 0 Å². The molecule has 0 aliphatic rings. The fraction of sp³-hybridized carbons (Fsp3) is 0.0625. The van der Waals surface area contributed by atoms with E-state index in [-0.39, 0.29) is 17.1 Å². The van der Waals surface area contributed by atoms with Crippen molar-refractivity contribution in [3.05, 3.63) is 64.7 Å². The van der Waals surface area contributed by atoms with E-state index < -0.39 is 0 Å². The van der Waals surface area contributed by atoms with Crippen molar-refractivity contribution >= 4 is 23.5 Å². The monoisotopic (exact) mass is 288 g/mol. The third kappa shape index (κ3) is 3.39. The SMILES string of the molecule is COc1ccc(O)c(C(=O)C=Cc2ccc(Cl)cc2)c1. The van der Waals surface area contributed by atoms with Gasteiger partial charge in [-0.05, 0) is 42.0 Å². The van der Waals surface area contributed by atoms with Crippen LogP contribution in [0.2, 0.25) is 5.02 Å². The molecule has 1 N–H and O–H groups in total. The zero-order valence-corrected chi connectivity index (χ0v) is 11.6. The van der Waals surface area contributed by atoms with E-state index in [1.807, 2.05) is 0 Å². The van der Waals surface area contributed by atoms with Gasteiger partial charge in [-0.1, -0.05) is 29.8 Å². The van der Waals surface area contributed by atoms with Crippen LogP contribution in [0.25, 0.3) is 6.08 Å². The molecular weight excluding hydrogens is 276 g/mol. The van der Waals surface area contributed by atoms with Gasteiger partial charge in [0, 0.05) is 5.02 Å². The molecule has 4 heteroatoms. The number of allylic oxidation sites excluding steroid dienone is 1. The van der Waals surface area contributed by atoms with Gasteiger partial charge in [0.25, 0.3) is 0 Å². The van der Waals surface area contributed by atoms with Crippen LogP contribution in [-0.4, -0.2) is 18.0 Å². The third-order valence-electron chi connectivity index (χ3n) is 2.77. The lowest BCUT2D eigenvalue weighted by Crippen LogP contribution is -1.96. The Balaban J connectivity index is 2.21. The smallest absolute Gasteiger partial charge is 0.189 e. The minimum absolute atomic E-state index is 0.0726. The van der Waals surface area contributed by atoms with Gasteiger partial charge in [0.05, 0.1) is 12.7 Å². The van der Waals surface area contributed by atoms with Gasteiger partial charge in [0.1, 0.15) is 11.5 Å². The van der Waals surface area contributed by atoms with Gasteiger partial charge in [-0.2, -0.15) is 0 Å². The van der Waals surface area contributed by atoms with Crippen LogP contribution in [0.4, 0.5) is 0 Å². The maximum absolute atomic E-state index is 12.0. The first-order valence-corrected chi connectivity index (χ1v) is 6.33. The summed E-state index contributed by atoms with van der Waals surface area (Å²) in [5.74, 6) is 0.152. The molecule has 0 fully saturated rings. The Morgan fingerprint density at radius 1 is 1.20 bits per heavy atom. The molecule has 102 valence electrons. The molecule has 2 rings (SSSR count). The van der Waals surface area contributed by atoms with Crippen LogP contribution in [0.3, 0.4) is 0 Å². The number of rotatable bonds is 4. The molecule has 0 bridgehead atoms. The van der Waals surface area contributed by atoms with Crippen LogP contribution >= 0.6 is 11.6 Å². The molecule has 0 spiro atoms. The van der Waals surface area contributed by atoms with Crippen molar-refractivity contribution in [1.29, 1.82) is 0 Å². The van der Waals surface area contributed by atoms with Crippen molar-refractivity contribution in [2.75, 3.05) is 7.11 Å². The molecule has 0 aromatic heterocycles. The van der Waals surface area contributed by atoms with E-state index in [0.717, 1.165) is 5.56 Å². The van der Waals surface area contributed by atoms with E-state index >= 15 is 0 Å². The van der Waals surface area contributed by atoms with Gasteiger partial charge >= 0.3 is 0 Å². The molecule has 0 saturated carbocycles. The van der Waals surface area contributed by atoms with Crippen molar-refractivity contribution in [3.63, 3.8) is 0 Å². The minimum Gasteiger partial charge on any atom is -0.507 e. The van der Waals surface area contributed by atoms with Crippen molar-refractivity contribution in [3.8, 4) is 11.5 Å². The second kappa shape index (κ2) is 6.26. The number of phenols is 1. The van der Waals surface area contributed by atoms with Crippen LogP contribution in [0.1, 0.15) is 15.9 Å². The second-order valence-electron chi connectivity index (χ2n) is 4.13. The lowest BCUT2D eigenvalue weighted by Gasteiger charge is -2.04. The average Bonchev–Trinajstić information content (AvgIpc) is 2.47. The van der Waals surface area contributed by atoms with Crippen LogP contribution < -0.4 is 4.74 Å². The summed E-state index contributed by atoms with van der Waals surface area (Å²) in [5.41, 5.74) is 1.06. The first kappa shape index (κ1) is 14.2. The number of carbonyl (C=O) groups excluding carboxylic acids is 1. The summed E-state index contributed by atoms with van der Waals surface area (Å²) in [6.45, 7) is 0. The number of ether oxygens (including phenoxy) is 1. The first-order valence-electron chi connectivity index (χ1n) is 5.95. The number of hydrogen-bond acceptors (Lipinski definition) is 3. The number of hydrogen-bond donors (Lipinski definition) is 1. The topological polar surface area (TPSA) is 46.5 Å². The molecule has 0 atom stereocenters. The van der Waals surface area contributed by atoms with Crippen LogP contribution in [-0.2, 0) is 0 Å². The average molecular weight is 289 g/mol. The summed E-state index contributed by atoms with van der Waals surface area (Å²) in [6, 6.07) is 11.6. The maximum Gasteiger partial charge on any atom is 0.189 e. The van der Waals surface area contributed by atoms with Crippen molar-refractivity contribution < 1.29 is 14.6 Å². The standard InChI is InChI=1S/C16H13ClO3/c1-20-13-7-9-16(19)14(10-13)15(18)8-4-11-2-5-12(17)6-3-11/h2-10,19H,1H3. The second-order valence-corrected chi connectivity index (χ2v) is 4.57. The zero-order valence-electron chi connectivity index (χ0n) is 10.8. The molecule has 2 aromatic carbocycles. The molecule has 20 heavy (non-hydrogen) atoms. The molecular formula is C16H13ClO3. The largest absolute Gasteiger partial charge is 0.507 e. The van der Waals surface area contributed by atoms with Crippen LogP contribution in [0.5, 0.6) is 11.5 Å². The molecule has 0 aliphatic carbocycles. The van der Waals surface area contributed by atoms with Gasteiger partial charge in [-0.25, -0.2) is 0 Å². The molecule has 3 nitrogen and oxygen atoms in total. The highest BCUT2D eigenvalue weighted by Crippen LogP contribution is 2.23. The molecule has 0 aliphatic heterocycles. The van der Waals surface area contributed by atoms with Gasteiger partial charge in [-0.3, -0.25) is 4.79 Å². The van der Waals surface area contributed by atoms with Crippen molar-refractivity contribution in [2.45, 2.75) is 0 Å². The van der Waals surface area contributed by atoms with E-state index in [9.17, 15) is 9.90 Å². The summed E-state index contributed by atoms with van der Waals surface area (Å²) in [6.07, 6.45) is 3.06. The summed E-state index contributed by atoms with van der Waals surface area (Å²) < 4.78 is 5.03. The lowest BCUT2D eigenvalue weighted by molar-refractivity contribution is 0.104. The normalized spacial score (nSPS) is 10.7. The first-order chi connectivity index (χ1) is 9.60. The summed E-state index contributed by atoms with van der Waals surface area (Å²) in [7, 11) is 1.50. The number of aromatic hydroxyl groups is 1. The van der Waals surface area contributed by atoms with E-state index in [0.29, 0.717) is 10.8 Å². The number of benzene rings is 2. The predicted molar refractivity (Wildman–Crippen MR) is 79.5 cm³/mol. The molecule has 0 heterocycles. The minimum atomic E-state index is -0.295. The van der Waals surface area contributed by atoms with Crippen molar-refractivity contribution in [2.24, 2.45) is 0 Å². The number of ketones is 1. The van der Waals surface area contributed by atoms with Crippen molar-refractivity contribution in [1.82, 2.24) is 0 Å². The molecule has 0 unspecified atom stereocenters. The Hall–Kier alpha value is -2.26. The highest BCUT2D eigenvalue weighted by Gasteiger charge is 2.09. The Labute approximate surface area is 122 Å². The summed E-state index contributed by atoms with van der Waals surface area (Å²) in [5, 5.41) is 10.3. The van der Waals surface area contributed by atoms with Crippen LogP contribution in [0.15, 0.2) is 48.5 Å². The fourth-order valence-corrected chi connectivity index (χ4v) is 1.80. The number of halogens is 1. The third-order valence-corrected chi connectivity index (χ3v) is 3.02. The van der Waals surface area contributed by atoms with Gasteiger partial charge in [0.15, 0.2) is 5.78 Å². The van der Waals surface area contributed by atoms with Gasteiger partial charge in [-0.15, -0.1) is 0 Å². The Morgan fingerprint density at radius 3 is 2.55 bits per heavy atom. The van der Waals surface area contributed by atoms with E-state index in [2.05, 4.69) is 0 Å². The summed E-state index contributed by atoms with van der Waals surface area (Å²) in [4.78, 5) is 12.0. The summed E-state index contributed by atoms with van der Waals surface area (Å²) >= 11 is 5.79. The maximum atomic E-state index is 12.0. The lowest BCUT2D eigenvalue weighted by atomic mass is 10.1. The number of phenolic OH excluding ortho intramolecular Hbond substituents is 1. The Bertz CT molecular complexity index is 645. The van der Waals surface area contributed by atoms with Crippen LogP contribution in [0, 0.1) is 0 Å². The molecule has 2 aromatic rings. The number of methoxy groups -OCH3 is 1. The van der Waals surface area contributed by atoms with E-state index in [4.69, 9.17) is 16.3 Å². The van der Waals surface area contributed by atoms with E-state index in [1.54, 1.807) is 36.4 Å². The molecule has 0 radical (unpaired) electrons. The molecule has 0 saturated heterocycles. The van der Waals surface area contributed by atoms with Gasteiger partial charge < -0.3 is 9.84 Å². The highest BCUT2D eigenvalue weighted by atomic mass is 35.5. The quantitative estimate of drug-likeness (QED) is 0.684. The predicted octanol–water partition coefficient (Wildman–Crippen LogP) is 3.95. The number of carbonyl (C=O) groups is 1. The Kier molecular flexibility index (Phi) is 4.43.